The van der Waals surface area contributed by atoms with Crippen molar-refractivity contribution in [2.24, 2.45) is 4.99 Å². The number of halogens is 1. The number of nitro groups is 1. The lowest BCUT2D eigenvalue weighted by atomic mass is 9.95. The number of nitrogens with zero attached hydrogens (tertiary/aromatic N) is 3. The number of esters is 1. The van der Waals surface area contributed by atoms with Crippen LogP contribution in [0.5, 0.6) is 5.75 Å². The van der Waals surface area contributed by atoms with E-state index in [-0.39, 0.29) is 23.1 Å². The molecule has 0 aliphatic carbocycles. The van der Waals surface area contributed by atoms with Gasteiger partial charge in [0.25, 0.3) is 5.56 Å². The lowest BCUT2D eigenvalue weighted by molar-refractivity contribution is -0.386. The van der Waals surface area contributed by atoms with Crippen molar-refractivity contribution in [3.8, 4) is 5.75 Å². The van der Waals surface area contributed by atoms with Gasteiger partial charge in [-0.2, -0.15) is 0 Å². The minimum absolute atomic E-state index is 0.141. The van der Waals surface area contributed by atoms with Crippen LogP contribution in [0.4, 0.5) is 5.69 Å². The molecule has 1 aromatic heterocycles. The van der Waals surface area contributed by atoms with Crippen LogP contribution < -0.4 is 19.6 Å². The molecule has 2 heterocycles. The Balaban J connectivity index is 1.93. The zero-order valence-electron chi connectivity index (χ0n) is 21.3. The summed E-state index contributed by atoms with van der Waals surface area (Å²) in [6.07, 6.45) is 2.52. The molecule has 0 radical (unpaired) electrons. The summed E-state index contributed by atoms with van der Waals surface area (Å²) < 4.78 is 13.1. The van der Waals surface area contributed by atoms with Gasteiger partial charge in [0.15, 0.2) is 4.80 Å². The number of thiazole rings is 1. The summed E-state index contributed by atoms with van der Waals surface area (Å²) in [4.78, 5) is 43.0. The monoisotopic (exact) mass is 599 g/mol. The van der Waals surface area contributed by atoms with E-state index in [0.29, 0.717) is 43.5 Å². The fraction of sp³-hybridized carbons (Fsp3) is 0.296. The van der Waals surface area contributed by atoms with Gasteiger partial charge >= 0.3 is 11.7 Å². The second-order valence-electron chi connectivity index (χ2n) is 8.64. The third-order valence-corrected chi connectivity index (χ3v) is 7.77. The van der Waals surface area contributed by atoms with Crippen molar-refractivity contribution in [1.29, 1.82) is 0 Å². The van der Waals surface area contributed by atoms with Gasteiger partial charge in [0, 0.05) is 6.07 Å². The second-order valence-corrected chi connectivity index (χ2v) is 10.5. The van der Waals surface area contributed by atoms with Gasteiger partial charge in [-0.15, -0.1) is 0 Å². The number of allylic oxidation sites excluding steroid dienone is 1. The average Bonchev–Trinajstić information content (AvgIpc) is 3.22. The fourth-order valence-electron chi connectivity index (χ4n) is 4.19. The zero-order chi connectivity index (χ0) is 27.6. The van der Waals surface area contributed by atoms with Crippen molar-refractivity contribution in [3.05, 3.63) is 99.1 Å². The van der Waals surface area contributed by atoms with Crippen molar-refractivity contribution < 1.29 is 19.2 Å². The number of benzene rings is 2. The number of hydrogen-bond donors (Lipinski definition) is 0. The highest BCUT2D eigenvalue weighted by Gasteiger charge is 2.33. The third-order valence-electron chi connectivity index (χ3n) is 6.20. The molecule has 0 bridgehead atoms. The Kier molecular flexibility index (Phi) is 8.27. The van der Waals surface area contributed by atoms with Gasteiger partial charge in [-0.25, -0.2) is 9.79 Å². The first kappa shape index (κ1) is 27.5. The zero-order valence-corrected chi connectivity index (χ0v) is 23.7. The van der Waals surface area contributed by atoms with E-state index < -0.39 is 16.9 Å². The van der Waals surface area contributed by atoms with Crippen LogP contribution in [0, 0.1) is 10.1 Å². The van der Waals surface area contributed by atoms with Crippen molar-refractivity contribution in [2.45, 2.75) is 45.8 Å². The Bertz CT molecular complexity index is 1610. The van der Waals surface area contributed by atoms with E-state index >= 15 is 0 Å². The van der Waals surface area contributed by atoms with Crippen molar-refractivity contribution in [3.63, 3.8) is 0 Å². The molecule has 38 heavy (non-hydrogen) atoms. The number of fused-ring (bicyclic) bond motifs is 1. The largest absolute Gasteiger partial charge is 0.483 e. The third kappa shape index (κ3) is 5.21. The van der Waals surface area contributed by atoms with Crippen LogP contribution in [-0.2, 0) is 9.53 Å². The lowest BCUT2D eigenvalue weighted by Crippen LogP contribution is -2.40. The average molecular weight is 600 g/mol. The highest BCUT2D eigenvalue weighted by molar-refractivity contribution is 9.10. The summed E-state index contributed by atoms with van der Waals surface area (Å²) in [6, 6.07) is 11.6. The van der Waals surface area contributed by atoms with Crippen LogP contribution in [0.3, 0.4) is 0 Å². The molecule has 3 aromatic rings. The van der Waals surface area contributed by atoms with Gasteiger partial charge in [-0.05, 0) is 59.0 Å². The van der Waals surface area contributed by atoms with Crippen LogP contribution in [0.1, 0.15) is 50.8 Å². The van der Waals surface area contributed by atoms with Crippen molar-refractivity contribution >= 4 is 45.0 Å². The van der Waals surface area contributed by atoms with E-state index in [1.165, 1.54) is 17.7 Å². The molecule has 9 nitrogen and oxygen atoms in total. The summed E-state index contributed by atoms with van der Waals surface area (Å²) in [5.74, 6) is -0.410. The topological polar surface area (TPSA) is 113 Å². The molecule has 1 aliphatic heterocycles. The molecule has 2 atom stereocenters. The number of aromatic nitrogens is 1. The van der Waals surface area contributed by atoms with Crippen LogP contribution in [-0.4, -0.2) is 28.7 Å². The summed E-state index contributed by atoms with van der Waals surface area (Å²) in [7, 11) is 1.30. The number of methoxy groups -OCH3 is 1. The van der Waals surface area contributed by atoms with E-state index in [9.17, 15) is 19.7 Å². The van der Waals surface area contributed by atoms with Crippen LogP contribution in [0.15, 0.2) is 68.0 Å². The molecule has 0 amide bonds. The number of carbonyl (C=O) groups excluding carboxylic acids is 1. The maximum Gasteiger partial charge on any atom is 0.338 e. The number of ether oxygens (including phenoxy) is 2. The molecule has 198 valence electrons. The molecule has 1 aliphatic rings. The summed E-state index contributed by atoms with van der Waals surface area (Å²) in [5.41, 5.74) is 1.48. The highest BCUT2D eigenvalue weighted by Crippen LogP contribution is 2.37. The van der Waals surface area contributed by atoms with Gasteiger partial charge in [-0.1, -0.05) is 55.5 Å². The SMILES string of the molecule is CCC1=C(C(=O)OC)[C@H](c2ccccc2)n2c(s/c(=C/c3cc(Br)c(O[C@@H](C)CC)c([N+](=O)[O-])c3)c2=O)=N1. The predicted octanol–water partition coefficient (Wildman–Crippen LogP) is 4.65. The maximum atomic E-state index is 13.7. The first-order valence-corrected chi connectivity index (χ1v) is 13.6. The minimum Gasteiger partial charge on any atom is -0.483 e. The van der Waals surface area contributed by atoms with Crippen molar-refractivity contribution in [1.82, 2.24) is 4.57 Å². The molecule has 0 saturated heterocycles. The van der Waals surface area contributed by atoms with E-state index in [1.54, 1.807) is 12.1 Å². The Morgan fingerprint density at radius 2 is 2.00 bits per heavy atom. The first-order valence-electron chi connectivity index (χ1n) is 12.0. The Labute approximate surface area is 231 Å². The molecule has 0 saturated carbocycles. The fourth-order valence-corrected chi connectivity index (χ4v) is 5.77. The summed E-state index contributed by atoms with van der Waals surface area (Å²) in [5, 5.41) is 11.8. The van der Waals surface area contributed by atoms with Gasteiger partial charge in [0.05, 0.1) is 44.5 Å². The predicted molar refractivity (Wildman–Crippen MR) is 148 cm³/mol. The molecule has 0 spiro atoms. The first-order chi connectivity index (χ1) is 18.2. The van der Waals surface area contributed by atoms with Gasteiger partial charge in [0.2, 0.25) is 5.75 Å². The van der Waals surface area contributed by atoms with Crippen LogP contribution in [0.2, 0.25) is 0 Å². The van der Waals surface area contributed by atoms with E-state index in [4.69, 9.17) is 9.47 Å². The molecule has 0 fully saturated rings. The summed E-state index contributed by atoms with van der Waals surface area (Å²) in [6.45, 7) is 5.65. The molecule has 2 aromatic carbocycles. The van der Waals surface area contributed by atoms with Gasteiger partial charge < -0.3 is 9.47 Å². The van der Waals surface area contributed by atoms with Gasteiger partial charge in [-0.3, -0.25) is 19.5 Å². The molecular weight excluding hydrogens is 574 g/mol. The highest BCUT2D eigenvalue weighted by atomic mass is 79.9. The number of rotatable bonds is 8. The molecule has 0 N–H and O–H groups in total. The second kappa shape index (κ2) is 11.4. The smallest absolute Gasteiger partial charge is 0.338 e. The maximum absolute atomic E-state index is 13.7. The molecule has 0 unspecified atom stereocenters. The number of hydrogen-bond acceptors (Lipinski definition) is 8. The standard InChI is InChI=1S/C27H26BrN3O6S/c1-5-15(3)37-24-18(28)12-16(13-20(24)31(34)35)14-21-25(32)30-23(17-10-8-7-9-11-17)22(26(33)36-4)19(6-2)29-27(30)38-21/h7-15,23H,5-6H2,1-4H3/b21-14+/t15-,23-/m0/s1. The Hall–Kier alpha value is -3.57. The Morgan fingerprint density at radius 1 is 1.29 bits per heavy atom. The Morgan fingerprint density at radius 3 is 2.61 bits per heavy atom. The lowest BCUT2D eigenvalue weighted by Gasteiger charge is -2.25. The van der Waals surface area contributed by atoms with Gasteiger partial charge in [0.1, 0.15) is 0 Å². The quantitative estimate of drug-likeness (QED) is 0.212. The van der Waals surface area contributed by atoms with Crippen LogP contribution in [0.25, 0.3) is 6.08 Å². The minimum atomic E-state index is -0.718. The summed E-state index contributed by atoms with van der Waals surface area (Å²) >= 11 is 4.56. The van der Waals surface area contributed by atoms with E-state index in [1.807, 2.05) is 51.1 Å². The van der Waals surface area contributed by atoms with E-state index in [0.717, 1.165) is 16.9 Å². The molecule has 4 rings (SSSR count). The molecule has 11 heteroatoms. The van der Waals surface area contributed by atoms with E-state index in [2.05, 4.69) is 20.9 Å². The normalized spacial score (nSPS) is 16.0. The van der Waals surface area contributed by atoms with Crippen LogP contribution >= 0.6 is 27.3 Å². The number of carbonyl (C=O) groups is 1. The molecular formula is C27H26BrN3O6S. The number of nitro benzene ring substituents is 1. The van der Waals surface area contributed by atoms with Crippen molar-refractivity contribution in [2.75, 3.05) is 7.11 Å².